The molecule has 0 radical (unpaired) electrons. The Hall–Kier alpha value is -1.55. The average molecular weight is 467 g/mol. The first-order valence-corrected chi connectivity index (χ1v) is 13.0. The van der Waals surface area contributed by atoms with Gasteiger partial charge in [-0.3, -0.25) is 9.59 Å². The van der Waals surface area contributed by atoms with Crippen molar-refractivity contribution in [2.24, 2.45) is 0 Å². The molecule has 182 valence electrons. The Morgan fingerprint density at radius 2 is 1.09 bits per heavy atom. The lowest BCUT2D eigenvalue weighted by Gasteiger charge is -2.06. The molecule has 1 aromatic rings. The second kappa shape index (κ2) is 20.1. The Morgan fingerprint density at radius 1 is 0.656 bits per heavy atom. The first-order valence-electron chi connectivity index (χ1n) is 12.7. The van der Waals surface area contributed by atoms with Crippen molar-refractivity contribution in [1.29, 1.82) is 0 Å². The molecule has 0 saturated heterocycles. The number of rotatable bonds is 20. The molecule has 0 bridgehead atoms. The molecule has 1 aromatic carbocycles. The number of hydrogen-bond donors (Lipinski definition) is 0. The molecule has 0 aliphatic carbocycles. The van der Waals surface area contributed by atoms with Crippen LogP contribution in [0, 0.1) is 0 Å². The lowest BCUT2D eigenvalue weighted by atomic mass is 10.0. The predicted molar refractivity (Wildman–Crippen MR) is 132 cm³/mol. The van der Waals surface area contributed by atoms with Gasteiger partial charge >= 0.3 is 11.9 Å². The Balaban J connectivity index is 1.85. The van der Waals surface area contributed by atoms with Gasteiger partial charge in [-0.05, 0) is 24.1 Å². The zero-order valence-corrected chi connectivity index (χ0v) is 20.8. The third-order valence-electron chi connectivity index (χ3n) is 5.61. The SMILES string of the molecule is CCCCCCCCCCCCCCCOC(=O)CCC(=O)OCCc1ccc(Cl)cc1. The van der Waals surface area contributed by atoms with Crippen LogP contribution in [0.4, 0.5) is 0 Å². The summed E-state index contributed by atoms with van der Waals surface area (Å²) in [6.07, 6.45) is 17.6. The van der Waals surface area contributed by atoms with Crippen molar-refractivity contribution in [3.05, 3.63) is 34.9 Å². The van der Waals surface area contributed by atoms with Crippen molar-refractivity contribution < 1.29 is 19.1 Å². The van der Waals surface area contributed by atoms with Crippen molar-refractivity contribution >= 4 is 23.5 Å². The summed E-state index contributed by atoms with van der Waals surface area (Å²) in [6.45, 7) is 3.01. The van der Waals surface area contributed by atoms with Gasteiger partial charge < -0.3 is 9.47 Å². The number of esters is 2. The minimum absolute atomic E-state index is 0.0675. The van der Waals surface area contributed by atoms with E-state index in [1.807, 2.05) is 24.3 Å². The molecule has 5 heteroatoms. The fourth-order valence-corrected chi connectivity index (χ4v) is 3.71. The van der Waals surface area contributed by atoms with E-state index < -0.39 is 0 Å². The number of ether oxygens (including phenoxy) is 2. The lowest BCUT2D eigenvalue weighted by Crippen LogP contribution is -2.12. The number of halogens is 1. The van der Waals surface area contributed by atoms with Crippen LogP contribution in [-0.4, -0.2) is 25.2 Å². The van der Waals surface area contributed by atoms with Crippen LogP contribution < -0.4 is 0 Å². The van der Waals surface area contributed by atoms with E-state index in [-0.39, 0.29) is 24.8 Å². The maximum Gasteiger partial charge on any atom is 0.306 e. The first kappa shape index (κ1) is 28.5. The molecular weight excluding hydrogens is 424 g/mol. The van der Waals surface area contributed by atoms with Crippen LogP contribution in [0.3, 0.4) is 0 Å². The third kappa shape index (κ3) is 17.1. The summed E-state index contributed by atoms with van der Waals surface area (Å²) in [5, 5.41) is 0.683. The topological polar surface area (TPSA) is 52.6 Å². The summed E-state index contributed by atoms with van der Waals surface area (Å²) < 4.78 is 10.4. The van der Waals surface area contributed by atoms with Crippen LogP contribution in [0.2, 0.25) is 5.02 Å². The summed E-state index contributed by atoms with van der Waals surface area (Å²) in [7, 11) is 0. The van der Waals surface area contributed by atoms with Gasteiger partial charge in [0.25, 0.3) is 0 Å². The highest BCUT2D eigenvalue weighted by Crippen LogP contribution is 2.13. The molecule has 0 unspecified atom stereocenters. The maximum atomic E-state index is 11.8. The van der Waals surface area contributed by atoms with Crippen molar-refractivity contribution in [2.75, 3.05) is 13.2 Å². The first-order chi connectivity index (χ1) is 15.6. The normalized spacial score (nSPS) is 10.8. The molecule has 32 heavy (non-hydrogen) atoms. The zero-order chi connectivity index (χ0) is 23.3. The van der Waals surface area contributed by atoms with Crippen molar-refractivity contribution in [3.63, 3.8) is 0 Å². The number of carbonyl (C=O) groups is 2. The molecule has 0 N–H and O–H groups in total. The molecule has 0 aliphatic rings. The van der Waals surface area contributed by atoms with Gasteiger partial charge in [-0.15, -0.1) is 0 Å². The highest BCUT2D eigenvalue weighted by molar-refractivity contribution is 6.30. The Labute approximate surface area is 200 Å². The highest BCUT2D eigenvalue weighted by Gasteiger charge is 2.09. The molecule has 0 spiro atoms. The zero-order valence-electron chi connectivity index (χ0n) is 20.0. The number of hydrogen-bond acceptors (Lipinski definition) is 4. The van der Waals surface area contributed by atoms with Crippen molar-refractivity contribution in [2.45, 2.75) is 110 Å². The molecular formula is C27H43ClO4. The van der Waals surface area contributed by atoms with E-state index in [1.54, 1.807) is 0 Å². The summed E-state index contributed by atoms with van der Waals surface area (Å²) in [5.41, 5.74) is 1.06. The maximum absolute atomic E-state index is 11.8. The van der Waals surface area contributed by atoms with E-state index in [1.165, 1.54) is 70.6 Å². The quantitative estimate of drug-likeness (QED) is 0.145. The number of carbonyl (C=O) groups excluding carboxylic acids is 2. The van der Waals surface area contributed by atoms with Gasteiger partial charge in [0.05, 0.1) is 26.1 Å². The summed E-state index contributed by atoms with van der Waals surface area (Å²) in [4.78, 5) is 23.5. The van der Waals surface area contributed by atoms with Crippen LogP contribution in [-0.2, 0) is 25.5 Å². The molecule has 0 aliphatic heterocycles. The number of benzene rings is 1. The van der Waals surface area contributed by atoms with Crippen LogP contribution in [0.5, 0.6) is 0 Å². The van der Waals surface area contributed by atoms with E-state index in [0.717, 1.165) is 18.4 Å². The Bertz CT molecular complexity index is 600. The Morgan fingerprint density at radius 3 is 1.59 bits per heavy atom. The Kier molecular flexibility index (Phi) is 17.9. The molecule has 0 saturated carbocycles. The van der Waals surface area contributed by atoms with E-state index >= 15 is 0 Å². The third-order valence-corrected chi connectivity index (χ3v) is 5.86. The summed E-state index contributed by atoms with van der Waals surface area (Å²) in [6, 6.07) is 7.44. The smallest absolute Gasteiger partial charge is 0.306 e. The van der Waals surface area contributed by atoms with E-state index in [4.69, 9.17) is 21.1 Å². The second-order valence-electron chi connectivity index (χ2n) is 8.56. The molecule has 0 fully saturated rings. The average Bonchev–Trinajstić information content (AvgIpc) is 2.79. The second-order valence-corrected chi connectivity index (χ2v) is 9.00. The lowest BCUT2D eigenvalue weighted by molar-refractivity contribution is -0.150. The van der Waals surface area contributed by atoms with Crippen LogP contribution in [0.15, 0.2) is 24.3 Å². The molecule has 0 aromatic heterocycles. The standard InChI is InChI=1S/C27H43ClO4/c1-2-3-4-5-6-7-8-9-10-11-12-13-14-22-31-26(29)19-20-27(30)32-23-21-24-15-17-25(28)18-16-24/h15-18H,2-14,19-23H2,1H3. The van der Waals surface area contributed by atoms with E-state index in [2.05, 4.69) is 6.92 Å². The summed E-state index contributed by atoms with van der Waals surface area (Å²) in [5.74, 6) is -0.685. The molecule has 0 heterocycles. The van der Waals surface area contributed by atoms with Gasteiger partial charge in [0.15, 0.2) is 0 Å². The van der Waals surface area contributed by atoms with Gasteiger partial charge in [0.2, 0.25) is 0 Å². The van der Waals surface area contributed by atoms with Gasteiger partial charge in [0, 0.05) is 11.4 Å². The minimum Gasteiger partial charge on any atom is -0.466 e. The van der Waals surface area contributed by atoms with Gasteiger partial charge in [0.1, 0.15) is 0 Å². The molecule has 0 amide bonds. The highest BCUT2D eigenvalue weighted by atomic mass is 35.5. The van der Waals surface area contributed by atoms with Crippen molar-refractivity contribution in [1.82, 2.24) is 0 Å². The predicted octanol–water partition coefficient (Wildman–Crippen LogP) is 7.84. The van der Waals surface area contributed by atoms with Crippen LogP contribution in [0.25, 0.3) is 0 Å². The van der Waals surface area contributed by atoms with Crippen LogP contribution in [0.1, 0.15) is 109 Å². The fourth-order valence-electron chi connectivity index (χ4n) is 3.59. The van der Waals surface area contributed by atoms with E-state index in [0.29, 0.717) is 24.7 Å². The number of unbranched alkanes of at least 4 members (excludes halogenated alkanes) is 12. The van der Waals surface area contributed by atoms with Gasteiger partial charge in [-0.1, -0.05) is 108 Å². The van der Waals surface area contributed by atoms with Gasteiger partial charge in [-0.2, -0.15) is 0 Å². The minimum atomic E-state index is -0.364. The monoisotopic (exact) mass is 466 g/mol. The van der Waals surface area contributed by atoms with Crippen molar-refractivity contribution in [3.8, 4) is 0 Å². The van der Waals surface area contributed by atoms with Gasteiger partial charge in [-0.25, -0.2) is 0 Å². The van der Waals surface area contributed by atoms with Crippen LogP contribution >= 0.6 is 11.6 Å². The molecule has 4 nitrogen and oxygen atoms in total. The largest absolute Gasteiger partial charge is 0.466 e. The molecule has 1 rings (SSSR count). The summed E-state index contributed by atoms with van der Waals surface area (Å²) >= 11 is 5.84. The van der Waals surface area contributed by atoms with E-state index in [9.17, 15) is 9.59 Å². The molecule has 0 atom stereocenters. The fraction of sp³-hybridized carbons (Fsp3) is 0.704.